The summed E-state index contributed by atoms with van der Waals surface area (Å²) < 4.78 is 27.7. The van der Waals surface area contributed by atoms with E-state index in [0.717, 1.165) is 66.8 Å². The number of alkyl halides is 1. The molecule has 0 spiro atoms. The second-order valence-electron chi connectivity index (χ2n) is 9.35. The molecule has 6 rings (SSSR count). The molecule has 0 saturated carbocycles. The van der Waals surface area contributed by atoms with Crippen LogP contribution in [0.4, 0.5) is 10.3 Å². The van der Waals surface area contributed by atoms with Crippen molar-refractivity contribution < 1.29 is 13.9 Å². The van der Waals surface area contributed by atoms with Gasteiger partial charge >= 0.3 is 0 Å². The predicted molar refractivity (Wildman–Crippen MR) is 130 cm³/mol. The molecule has 0 amide bonds. The molecule has 184 valence electrons. The Morgan fingerprint density at radius 1 is 1.23 bits per heavy atom. The van der Waals surface area contributed by atoms with Crippen molar-refractivity contribution in [2.24, 2.45) is 0 Å². The van der Waals surface area contributed by atoms with Crippen LogP contribution in [-0.4, -0.2) is 86.7 Å². The molecule has 10 nitrogen and oxygen atoms in total. The maximum absolute atomic E-state index is 13.3. The lowest BCUT2D eigenvalue weighted by Crippen LogP contribution is -2.53. The summed E-state index contributed by atoms with van der Waals surface area (Å²) in [6, 6.07) is 8.35. The Balaban J connectivity index is 1.28. The first-order valence-electron chi connectivity index (χ1n) is 12.1. The van der Waals surface area contributed by atoms with E-state index in [-0.39, 0.29) is 6.04 Å². The number of anilines is 1. The first-order chi connectivity index (χ1) is 17.1. The van der Waals surface area contributed by atoms with Crippen molar-refractivity contribution in [3.05, 3.63) is 30.5 Å². The van der Waals surface area contributed by atoms with Crippen molar-refractivity contribution in [2.75, 3.05) is 45.4 Å². The number of aromatic nitrogens is 6. The SMILES string of the molecule is COc1nc(NC2CCN(C3COC3)CC2)nn2ccc(-c3ccc4nnn([C@@H](C)CF)c4c3)c12. The van der Waals surface area contributed by atoms with Crippen molar-refractivity contribution >= 4 is 22.5 Å². The van der Waals surface area contributed by atoms with E-state index in [1.165, 1.54) is 0 Å². The van der Waals surface area contributed by atoms with Crippen molar-refractivity contribution in [1.82, 2.24) is 34.5 Å². The number of benzene rings is 1. The summed E-state index contributed by atoms with van der Waals surface area (Å²) >= 11 is 0. The Kier molecular flexibility index (Phi) is 5.73. The number of methoxy groups -OCH3 is 1. The van der Waals surface area contributed by atoms with Crippen molar-refractivity contribution in [3.8, 4) is 17.0 Å². The van der Waals surface area contributed by atoms with Gasteiger partial charge in [0.1, 0.15) is 17.7 Å². The molecule has 4 aromatic rings. The van der Waals surface area contributed by atoms with E-state index in [0.29, 0.717) is 23.9 Å². The molecule has 0 aliphatic carbocycles. The number of nitrogens with zero attached hydrogens (tertiary/aromatic N) is 7. The summed E-state index contributed by atoms with van der Waals surface area (Å²) in [5, 5.41) is 16.5. The number of halogens is 1. The van der Waals surface area contributed by atoms with Crippen LogP contribution in [0, 0.1) is 0 Å². The minimum Gasteiger partial charge on any atom is -0.479 e. The molecule has 1 N–H and O–H groups in total. The maximum Gasteiger partial charge on any atom is 0.244 e. The van der Waals surface area contributed by atoms with Gasteiger partial charge < -0.3 is 14.8 Å². The van der Waals surface area contributed by atoms with Crippen LogP contribution in [0.1, 0.15) is 25.8 Å². The Labute approximate surface area is 202 Å². The number of piperidine rings is 1. The van der Waals surface area contributed by atoms with Gasteiger partial charge in [-0.05, 0) is 43.5 Å². The lowest BCUT2D eigenvalue weighted by Gasteiger charge is -2.41. The molecule has 3 aromatic heterocycles. The summed E-state index contributed by atoms with van der Waals surface area (Å²) in [5.41, 5.74) is 4.14. The van der Waals surface area contributed by atoms with E-state index in [4.69, 9.17) is 14.6 Å². The third kappa shape index (κ3) is 3.98. The highest BCUT2D eigenvalue weighted by molar-refractivity contribution is 5.89. The molecule has 1 aromatic carbocycles. The minimum atomic E-state index is -0.511. The molecule has 1 atom stereocenters. The quantitative estimate of drug-likeness (QED) is 0.432. The highest BCUT2D eigenvalue weighted by atomic mass is 19.1. The van der Waals surface area contributed by atoms with Gasteiger partial charge in [0.15, 0.2) is 0 Å². The fraction of sp³-hybridized carbons (Fsp3) is 0.500. The molecule has 11 heteroatoms. The van der Waals surface area contributed by atoms with E-state index in [1.807, 2.05) is 30.5 Å². The van der Waals surface area contributed by atoms with Gasteiger partial charge in [-0.15, -0.1) is 10.2 Å². The molecule has 5 heterocycles. The molecule has 35 heavy (non-hydrogen) atoms. The second-order valence-corrected chi connectivity index (χ2v) is 9.35. The van der Waals surface area contributed by atoms with E-state index in [1.54, 1.807) is 23.2 Å². The van der Waals surface area contributed by atoms with E-state index < -0.39 is 6.67 Å². The third-order valence-electron chi connectivity index (χ3n) is 7.09. The predicted octanol–water partition coefficient (Wildman–Crippen LogP) is 2.96. The highest BCUT2D eigenvalue weighted by Gasteiger charge is 2.30. The van der Waals surface area contributed by atoms with Gasteiger partial charge in [0.05, 0.1) is 37.9 Å². The van der Waals surface area contributed by atoms with E-state index in [9.17, 15) is 4.39 Å². The van der Waals surface area contributed by atoms with Crippen LogP contribution in [0.15, 0.2) is 30.5 Å². The molecule has 2 fully saturated rings. The van der Waals surface area contributed by atoms with Gasteiger partial charge in [-0.2, -0.15) is 4.98 Å². The van der Waals surface area contributed by atoms with Gasteiger partial charge in [0, 0.05) is 30.9 Å². The Bertz CT molecular complexity index is 1340. The number of likely N-dealkylation sites (tertiary alicyclic amines) is 1. The number of hydrogen-bond donors (Lipinski definition) is 1. The lowest BCUT2D eigenvalue weighted by molar-refractivity contribution is -0.0705. The monoisotopic (exact) mass is 480 g/mol. The molecule has 2 aliphatic heterocycles. The average molecular weight is 481 g/mol. The normalized spacial score (nSPS) is 18.7. The Hall–Kier alpha value is -3.31. The highest BCUT2D eigenvalue weighted by Crippen LogP contribution is 2.33. The molecule has 2 saturated heterocycles. The van der Waals surface area contributed by atoms with Crippen LogP contribution < -0.4 is 10.1 Å². The van der Waals surface area contributed by atoms with Crippen molar-refractivity contribution in [2.45, 2.75) is 37.9 Å². The zero-order valence-electron chi connectivity index (χ0n) is 19.9. The fourth-order valence-electron chi connectivity index (χ4n) is 4.95. The van der Waals surface area contributed by atoms with Gasteiger partial charge in [-0.1, -0.05) is 11.3 Å². The first-order valence-corrected chi connectivity index (χ1v) is 12.1. The third-order valence-corrected chi connectivity index (χ3v) is 7.09. The molecule has 0 bridgehead atoms. The van der Waals surface area contributed by atoms with Gasteiger partial charge in [0.25, 0.3) is 0 Å². The van der Waals surface area contributed by atoms with E-state index >= 15 is 0 Å². The lowest BCUT2D eigenvalue weighted by atomic mass is 10.0. The largest absolute Gasteiger partial charge is 0.479 e. The van der Waals surface area contributed by atoms with Gasteiger partial charge in [0.2, 0.25) is 11.8 Å². The molecule has 0 radical (unpaired) electrons. The van der Waals surface area contributed by atoms with Crippen molar-refractivity contribution in [1.29, 1.82) is 0 Å². The van der Waals surface area contributed by atoms with E-state index in [2.05, 4.69) is 25.5 Å². The summed E-state index contributed by atoms with van der Waals surface area (Å²) in [4.78, 5) is 7.20. The van der Waals surface area contributed by atoms with Crippen LogP contribution >= 0.6 is 0 Å². The molecular weight excluding hydrogens is 451 g/mol. The summed E-state index contributed by atoms with van der Waals surface area (Å²) in [5.74, 6) is 1.05. The van der Waals surface area contributed by atoms with Crippen molar-refractivity contribution in [3.63, 3.8) is 0 Å². The summed E-state index contributed by atoms with van der Waals surface area (Å²) in [7, 11) is 1.62. The number of nitrogens with one attached hydrogen (secondary N) is 1. The zero-order chi connectivity index (χ0) is 23.9. The smallest absolute Gasteiger partial charge is 0.244 e. The van der Waals surface area contributed by atoms with Crippen LogP contribution in [0.5, 0.6) is 5.88 Å². The Morgan fingerprint density at radius 3 is 2.77 bits per heavy atom. The summed E-state index contributed by atoms with van der Waals surface area (Å²) in [6.45, 7) is 5.08. The van der Waals surface area contributed by atoms with Crippen LogP contribution in [-0.2, 0) is 4.74 Å². The first kappa shape index (κ1) is 22.2. The maximum atomic E-state index is 13.3. The number of fused-ring (bicyclic) bond motifs is 2. The number of ether oxygens (including phenoxy) is 2. The van der Waals surface area contributed by atoms with Crippen LogP contribution in [0.25, 0.3) is 27.7 Å². The zero-order valence-corrected chi connectivity index (χ0v) is 19.9. The average Bonchev–Trinajstić information content (AvgIpc) is 3.47. The van der Waals surface area contributed by atoms with Crippen LogP contribution in [0.3, 0.4) is 0 Å². The topological polar surface area (TPSA) is 94.6 Å². The minimum absolute atomic E-state index is 0.317. The van der Waals surface area contributed by atoms with Crippen LogP contribution in [0.2, 0.25) is 0 Å². The second kappa shape index (κ2) is 9.04. The summed E-state index contributed by atoms with van der Waals surface area (Å²) in [6.07, 6.45) is 3.98. The number of rotatable bonds is 7. The molecule has 0 unspecified atom stereocenters. The molecular formula is C24H29FN8O2. The molecule has 2 aliphatic rings. The standard InChI is InChI=1S/C24H29FN8O2/c1-15(12-25)33-21-11-16(3-4-20(21)28-30-33)19-7-10-32-22(19)23(34-2)27-24(29-32)26-17-5-8-31(9-6-17)18-13-35-14-18/h3-4,7,10-11,15,17-18H,5-6,8-9,12-14H2,1-2H3,(H,26,29)/t15-/m0/s1. The fourth-order valence-corrected chi connectivity index (χ4v) is 4.95. The Morgan fingerprint density at radius 2 is 2.06 bits per heavy atom. The van der Waals surface area contributed by atoms with Gasteiger partial charge in [-0.3, -0.25) is 4.90 Å². The van der Waals surface area contributed by atoms with Gasteiger partial charge in [-0.25, -0.2) is 13.6 Å². The number of hydrogen-bond acceptors (Lipinski definition) is 8.